The van der Waals surface area contributed by atoms with Gasteiger partial charge in [0.1, 0.15) is 5.75 Å². The molecule has 0 bridgehead atoms. The Morgan fingerprint density at radius 3 is 2.47 bits per heavy atom. The van der Waals surface area contributed by atoms with Gasteiger partial charge in [0.05, 0.1) is 0 Å². The number of rotatable bonds is 2. The predicted molar refractivity (Wildman–Crippen MR) is 50.4 cm³/mol. The van der Waals surface area contributed by atoms with Gasteiger partial charge in [0.2, 0.25) is 0 Å². The van der Waals surface area contributed by atoms with Gasteiger partial charge in [-0.1, -0.05) is 0 Å². The van der Waals surface area contributed by atoms with Crippen LogP contribution in [0.2, 0.25) is 0 Å². The van der Waals surface area contributed by atoms with Crippen LogP contribution in [0.1, 0.15) is 17.3 Å². The van der Waals surface area contributed by atoms with E-state index in [0.29, 0.717) is 4.90 Å². The van der Waals surface area contributed by atoms with Crippen LogP contribution in [0.25, 0.3) is 0 Å². The topological polar surface area (TPSA) is 26.3 Å². The van der Waals surface area contributed by atoms with Crippen LogP contribution < -0.4 is 4.74 Å². The third-order valence-corrected chi connectivity index (χ3v) is 1.97. The minimum absolute atomic E-state index is 0.0973. The van der Waals surface area contributed by atoms with Crippen LogP contribution in [-0.2, 0) is 0 Å². The van der Waals surface area contributed by atoms with Crippen LogP contribution >= 0.6 is 12.6 Å². The van der Waals surface area contributed by atoms with Gasteiger partial charge in [0.25, 0.3) is 0 Å². The summed E-state index contributed by atoms with van der Waals surface area (Å²) in [5.74, 6) is -0.793. The molecular formula is C9H7F3O2S. The van der Waals surface area contributed by atoms with E-state index >= 15 is 0 Å². The van der Waals surface area contributed by atoms with Crippen LogP contribution in [0, 0.1) is 0 Å². The van der Waals surface area contributed by atoms with E-state index in [4.69, 9.17) is 0 Å². The van der Waals surface area contributed by atoms with Gasteiger partial charge in [-0.2, -0.15) is 0 Å². The standard InChI is InChI=1S/C9H7F3O2S/c1-5(13)7-4-6(2-3-8(7)15)14-9(10,11)12/h2-4,15H,1H3. The number of Topliss-reactive ketones (excluding diaryl/α,β-unsaturated/α-hetero) is 1. The van der Waals surface area contributed by atoms with Crippen molar-refractivity contribution in [3.8, 4) is 5.75 Å². The summed E-state index contributed by atoms with van der Waals surface area (Å²) < 4.78 is 39.2. The summed E-state index contributed by atoms with van der Waals surface area (Å²) in [6, 6.07) is 3.39. The summed E-state index contributed by atoms with van der Waals surface area (Å²) in [4.78, 5) is 11.3. The monoisotopic (exact) mass is 236 g/mol. The Labute approximate surface area is 89.5 Å². The highest BCUT2D eigenvalue weighted by atomic mass is 32.1. The SMILES string of the molecule is CC(=O)c1cc(OC(F)(F)F)ccc1S. The van der Waals surface area contributed by atoms with Crippen LogP contribution in [0.3, 0.4) is 0 Å². The highest BCUT2D eigenvalue weighted by Crippen LogP contribution is 2.26. The van der Waals surface area contributed by atoms with Crippen molar-refractivity contribution in [2.24, 2.45) is 0 Å². The molecule has 0 radical (unpaired) electrons. The Kier molecular flexibility index (Phi) is 3.28. The fourth-order valence-electron chi connectivity index (χ4n) is 0.994. The molecule has 0 saturated heterocycles. The zero-order chi connectivity index (χ0) is 11.6. The van der Waals surface area contributed by atoms with Gasteiger partial charge in [-0.25, -0.2) is 0 Å². The van der Waals surface area contributed by atoms with Crippen molar-refractivity contribution >= 4 is 18.4 Å². The summed E-state index contributed by atoms with van der Waals surface area (Å²) in [5.41, 5.74) is 0.0973. The maximum atomic E-state index is 11.8. The minimum atomic E-state index is -4.76. The smallest absolute Gasteiger partial charge is 0.406 e. The van der Waals surface area contributed by atoms with Crippen molar-refractivity contribution in [2.45, 2.75) is 18.2 Å². The van der Waals surface area contributed by atoms with Crippen LogP contribution in [0.5, 0.6) is 5.75 Å². The summed E-state index contributed by atoms with van der Waals surface area (Å²) in [7, 11) is 0. The number of carbonyl (C=O) groups is 1. The minimum Gasteiger partial charge on any atom is -0.406 e. The van der Waals surface area contributed by atoms with E-state index in [2.05, 4.69) is 17.4 Å². The van der Waals surface area contributed by atoms with Crippen LogP contribution in [0.15, 0.2) is 23.1 Å². The van der Waals surface area contributed by atoms with Crippen LogP contribution in [-0.4, -0.2) is 12.1 Å². The fraction of sp³-hybridized carbons (Fsp3) is 0.222. The number of carbonyl (C=O) groups excluding carboxylic acids is 1. The molecule has 0 aliphatic carbocycles. The Morgan fingerprint density at radius 1 is 1.40 bits per heavy atom. The van der Waals surface area contributed by atoms with Crippen molar-refractivity contribution < 1.29 is 22.7 Å². The molecular weight excluding hydrogens is 229 g/mol. The molecule has 1 rings (SSSR count). The summed E-state index contributed by atoms with van der Waals surface area (Å²) >= 11 is 3.94. The summed E-state index contributed by atoms with van der Waals surface area (Å²) in [6.45, 7) is 1.24. The van der Waals surface area contributed by atoms with Crippen molar-refractivity contribution in [3.05, 3.63) is 23.8 Å². The number of alkyl halides is 3. The first kappa shape index (κ1) is 11.9. The molecule has 0 amide bonds. The molecule has 0 unspecified atom stereocenters. The molecule has 6 heteroatoms. The zero-order valence-corrected chi connectivity index (χ0v) is 8.52. The average molecular weight is 236 g/mol. The highest BCUT2D eigenvalue weighted by Gasteiger charge is 2.31. The average Bonchev–Trinajstić information content (AvgIpc) is 2.05. The van der Waals surface area contributed by atoms with Gasteiger partial charge in [-0.05, 0) is 25.1 Å². The van der Waals surface area contributed by atoms with Gasteiger partial charge >= 0.3 is 6.36 Å². The molecule has 0 saturated carbocycles. The Bertz CT molecular complexity index is 387. The van der Waals surface area contributed by atoms with Gasteiger partial charge in [-0.15, -0.1) is 25.8 Å². The molecule has 0 aliphatic rings. The van der Waals surface area contributed by atoms with E-state index in [1.807, 2.05) is 0 Å². The van der Waals surface area contributed by atoms with E-state index < -0.39 is 12.1 Å². The van der Waals surface area contributed by atoms with Crippen molar-refractivity contribution in [2.75, 3.05) is 0 Å². The quantitative estimate of drug-likeness (QED) is 0.631. The molecule has 0 heterocycles. The maximum absolute atomic E-state index is 11.8. The number of hydrogen-bond donors (Lipinski definition) is 1. The van der Waals surface area contributed by atoms with Crippen molar-refractivity contribution in [1.29, 1.82) is 0 Å². The molecule has 0 aromatic heterocycles. The predicted octanol–water partition coefficient (Wildman–Crippen LogP) is 3.08. The molecule has 0 spiro atoms. The first-order valence-electron chi connectivity index (χ1n) is 3.89. The maximum Gasteiger partial charge on any atom is 0.573 e. The lowest BCUT2D eigenvalue weighted by molar-refractivity contribution is -0.274. The second-order valence-corrected chi connectivity index (χ2v) is 3.26. The first-order valence-corrected chi connectivity index (χ1v) is 4.34. The number of thiol groups is 1. The summed E-state index contributed by atoms with van der Waals surface area (Å²) in [6.07, 6.45) is -4.76. The van der Waals surface area contributed by atoms with Gasteiger partial charge in [0, 0.05) is 10.5 Å². The lowest BCUT2D eigenvalue weighted by Gasteiger charge is -2.10. The molecule has 82 valence electrons. The number of hydrogen-bond acceptors (Lipinski definition) is 3. The third-order valence-electron chi connectivity index (χ3n) is 1.58. The van der Waals surface area contributed by atoms with Crippen molar-refractivity contribution in [1.82, 2.24) is 0 Å². The van der Waals surface area contributed by atoms with E-state index in [1.165, 1.54) is 13.0 Å². The molecule has 0 aliphatic heterocycles. The lowest BCUT2D eigenvalue weighted by atomic mass is 10.1. The van der Waals surface area contributed by atoms with Crippen LogP contribution in [0.4, 0.5) is 13.2 Å². The molecule has 0 fully saturated rings. The fourth-order valence-corrected chi connectivity index (χ4v) is 1.29. The van der Waals surface area contributed by atoms with Gasteiger partial charge in [-0.3, -0.25) is 4.79 Å². The largest absolute Gasteiger partial charge is 0.573 e. The normalized spacial score (nSPS) is 11.3. The Balaban J connectivity index is 3.03. The molecule has 2 nitrogen and oxygen atoms in total. The number of halogens is 3. The Morgan fingerprint density at radius 2 is 2.00 bits per heavy atom. The Hall–Kier alpha value is -1.17. The molecule has 1 aromatic carbocycles. The van der Waals surface area contributed by atoms with E-state index in [1.54, 1.807) is 0 Å². The number of ether oxygens (including phenoxy) is 1. The van der Waals surface area contributed by atoms with Crippen molar-refractivity contribution in [3.63, 3.8) is 0 Å². The van der Waals surface area contributed by atoms with Gasteiger partial charge < -0.3 is 4.74 Å². The molecule has 1 aromatic rings. The lowest BCUT2D eigenvalue weighted by Crippen LogP contribution is -2.17. The second-order valence-electron chi connectivity index (χ2n) is 2.78. The molecule has 15 heavy (non-hydrogen) atoms. The third kappa shape index (κ3) is 3.47. The number of ketones is 1. The second kappa shape index (κ2) is 4.14. The zero-order valence-electron chi connectivity index (χ0n) is 7.63. The number of benzene rings is 1. The van der Waals surface area contributed by atoms with E-state index in [0.717, 1.165) is 12.1 Å². The van der Waals surface area contributed by atoms with E-state index in [-0.39, 0.29) is 11.3 Å². The molecule has 0 N–H and O–H groups in total. The van der Waals surface area contributed by atoms with E-state index in [9.17, 15) is 18.0 Å². The highest BCUT2D eigenvalue weighted by molar-refractivity contribution is 7.80. The summed E-state index contributed by atoms with van der Waals surface area (Å²) in [5, 5.41) is 0. The molecule has 0 atom stereocenters. The van der Waals surface area contributed by atoms with Gasteiger partial charge in [0.15, 0.2) is 5.78 Å². The first-order chi connectivity index (χ1) is 6.79.